The van der Waals surface area contributed by atoms with Crippen molar-refractivity contribution in [3.05, 3.63) is 59.2 Å². The minimum absolute atomic E-state index is 0.0165. The quantitative estimate of drug-likeness (QED) is 0.888. The van der Waals surface area contributed by atoms with Crippen LogP contribution in [0, 0.1) is 13.8 Å². The van der Waals surface area contributed by atoms with E-state index in [1.54, 1.807) is 7.11 Å². The SMILES string of the molecule is COCc1cccc(NC(=O)COc2cc(C)cc(C)c2)c1. The summed E-state index contributed by atoms with van der Waals surface area (Å²) in [6.45, 7) is 4.50. The molecule has 0 spiro atoms. The van der Waals surface area contributed by atoms with Gasteiger partial charge in [0.1, 0.15) is 5.75 Å². The minimum atomic E-state index is -0.186. The molecule has 0 fully saturated rings. The maximum absolute atomic E-state index is 12.0. The second kappa shape index (κ2) is 7.61. The van der Waals surface area contributed by atoms with E-state index in [1.807, 2.05) is 50.2 Å². The number of carbonyl (C=O) groups is 1. The molecule has 1 amide bonds. The van der Waals surface area contributed by atoms with E-state index < -0.39 is 0 Å². The molecular formula is C18H21NO3. The molecule has 2 aromatic rings. The van der Waals surface area contributed by atoms with E-state index in [1.165, 1.54) is 0 Å². The molecule has 4 heteroatoms. The highest BCUT2D eigenvalue weighted by Gasteiger charge is 2.05. The Morgan fingerprint density at radius 1 is 1.09 bits per heavy atom. The fourth-order valence-electron chi connectivity index (χ4n) is 2.27. The van der Waals surface area contributed by atoms with Gasteiger partial charge in [0.2, 0.25) is 0 Å². The number of rotatable bonds is 6. The van der Waals surface area contributed by atoms with Gasteiger partial charge in [0.25, 0.3) is 5.91 Å². The van der Waals surface area contributed by atoms with Crippen LogP contribution in [-0.2, 0) is 16.1 Å². The number of amides is 1. The fourth-order valence-corrected chi connectivity index (χ4v) is 2.27. The van der Waals surface area contributed by atoms with Crippen molar-refractivity contribution in [1.29, 1.82) is 0 Å². The molecule has 0 unspecified atom stereocenters. The monoisotopic (exact) mass is 299 g/mol. The van der Waals surface area contributed by atoms with Crippen molar-refractivity contribution in [2.75, 3.05) is 19.0 Å². The van der Waals surface area contributed by atoms with Gasteiger partial charge in [-0.3, -0.25) is 4.79 Å². The van der Waals surface area contributed by atoms with Gasteiger partial charge in [-0.05, 0) is 54.8 Å². The number of hydrogen-bond donors (Lipinski definition) is 1. The van der Waals surface area contributed by atoms with Gasteiger partial charge in [-0.2, -0.15) is 0 Å². The summed E-state index contributed by atoms with van der Waals surface area (Å²) in [6, 6.07) is 13.5. The summed E-state index contributed by atoms with van der Waals surface area (Å²) in [6.07, 6.45) is 0. The summed E-state index contributed by atoms with van der Waals surface area (Å²) < 4.78 is 10.6. The second-order valence-electron chi connectivity index (χ2n) is 5.29. The van der Waals surface area contributed by atoms with Gasteiger partial charge in [0.05, 0.1) is 6.61 Å². The first kappa shape index (κ1) is 16.0. The number of ether oxygens (including phenoxy) is 2. The molecule has 0 atom stereocenters. The predicted molar refractivity (Wildman–Crippen MR) is 87.2 cm³/mol. The van der Waals surface area contributed by atoms with E-state index in [-0.39, 0.29) is 12.5 Å². The van der Waals surface area contributed by atoms with Crippen molar-refractivity contribution in [3.8, 4) is 5.75 Å². The van der Waals surface area contributed by atoms with E-state index in [2.05, 4.69) is 11.4 Å². The summed E-state index contributed by atoms with van der Waals surface area (Å²) in [5.74, 6) is 0.523. The van der Waals surface area contributed by atoms with Gasteiger partial charge in [-0.1, -0.05) is 18.2 Å². The lowest BCUT2D eigenvalue weighted by molar-refractivity contribution is -0.118. The zero-order valence-corrected chi connectivity index (χ0v) is 13.2. The molecule has 0 aromatic heterocycles. The van der Waals surface area contributed by atoms with Gasteiger partial charge < -0.3 is 14.8 Å². The van der Waals surface area contributed by atoms with E-state index in [4.69, 9.17) is 9.47 Å². The summed E-state index contributed by atoms with van der Waals surface area (Å²) in [4.78, 5) is 12.0. The lowest BCUT2D eigenvalue weighted by Crippen LogP contribution is -2.20. The molecule has 4 nitrogen and oxygen atoms in total. The van der Waals surface area contributed by atoms with Crippen LogP contribution in [0.2, 0.25) is 0 Å². The maximum atomic E-state index is 12.0. The van der Waals surface area contributed by atoms with Gasteiger partial charge >= 0.3 is 0 Å². The zero-order chi connectivity index (χ0) is 15.9. The lowest BCUT2D eigenvalue weighted by Gasteiger charge is -2.10. The Balaban J connectivity index is 1.91. The third-order valence-corrected chi connectivity index (χ3v) is 3.09. The lowest BCUT2D eigenvalue weighted by atomic mass is 10.1. The standard InChI is InChI=1S/C18H21NO3/c1-13-7-14(2)9-17(8-13)22-12-18(20)19-16-6-4-5-15(10-16)11-21-3/h4-10H,11-12H2,1-3H3,(H,19,20). The number of aryl methyl sites for hydroxylation is 2. The molecule has 0 saturated heterocycles. The highest BCUT2D eigenvalue weighted by molar-refractivity contribution is 5.91. The first-order chi connectivity index (χ1) is 10.6. The zero-order valence-electron chi connectivity index (χ0n) is 13.2. The number of methoxy groups -OCH3 is 1. The van der Waals surface area contributed by atoms with E-state index >= 15 is 0 Å². The van der Waals surface area contributed by atoms with Crippen LogP contribution in [0.4, 0.5) is 5.69 Å². The van der Waals surface area contributed by atoms with Crippen LogP contribution in [0.1, 0.15) is 16.7 Å². The van der Waals surface area contributed by atoms with Crippen molar-refractivity contribution < 1.29 is 14.3 Å². The Labute approximate surface area is 131 Å². The van der Waals surface area contributed by atoms with Crippen LogP contribution in [0.5, 0.6) is 5.75 Å². The Morgan fingerprint density at radius 3 is 2.50 bits per heavy atom. The number of nitrogens with one attached hydrogen (secondary N) is 1. The molecule has 2 rings (SSSR count). The third-order valence-electron chi connectivity index (χ3n) is 3.09. The van der Waals surface area contributed by atoms with Crippen LogP contribution in [-0.4, -0.2) is 19.6 Å². The summed E-state index contributed by atoms with van der Waals surface area (Å²) >= 11 is 0. The Bertz CT molecular complexity index is 632. The van der Waals surface area contributed by atoms with Gasteiger partial charge in [0.15, 0.2) is 6.61 Å². The Morgan fingerprint density at radius 2 is 1.82 bits per heavy atom. The van der Waals surface area contributed by atoms with Crippen molar-refractivity contribution in [3.63, 3.8) is 0 Å². The maximum Gasteiger partial charge on any atom is 0.262 e. The number of benzene rings is 2. The average Bonchev–Trinajstić information content (AvgIpc) is 2.45. The third kappa shape index (κ3) is 4.90. The molecule has 2 aromatic carbocycles. The molecule has 0 heterocycles. The first-order valence-corrected chi connectivity index (χ1v) is 7.15. The van der Waals surface area contributed by atoms with Crippen LogP contribution in [0.3, 0.4) is 0 Å². The van der Waals surface area contributed by atoms with Crippen LogP contribution in [0.15, 0.2) is 42.5 Å². The summed E-state index contributed by atoms with van der Waals surface area (Å²) in [7, 11) is 1.64. The molecule has 0 saturated carbocycles. The molecule has 0 bridgehead atoms. The molecule has 116 valence electrons. The summed E-state index contributed by atoms with van der Waals surface area (Å²) in [5.41, 5.74) is 3.98. The first-order valence-electron chi connectivity index (χ1n) is 7.15. The van der Waals surface area contributed by atoms with Crippen LogP contribution >= 0.6 is 0 Å². The molecule has 1 N–H and O–H groups in total. The molecule has 0 aliphatic heterocycles. The van der Waals surface area contributed by atoms with E-state index in [0.717, 1.165) is 22.4 Å². The molecule has 0 aliphatic rings. The van der Waals surface area contributed by atoms with Crippen molar-refractivity contribution in [2.45, 2.75) is 20.5 Å². The molecule has 0 radical (unpaired) electrons. The predicted octanol–water partition coefficient (Wildman–Crippen LogP) is 3.47. The Kier molecular flexibility index (Phi) is 5.55. The minimum Gasteiger partial charge on any atom is -0.484 e. The average molecular weight is 299 g/mol. The van der Waals surface area contributed by atoms with E-state index in [9.17, 15) is 4.79 Å². The van der Waals surface area contributed by atoms with Crippen LogP contribution < -0.4 is 10.1 Å². The van der Waals surface area contributed by atoms with Gasteiger partial charge in [0, 0.05) is 12.8 Å². The largest absolute Gasteiger partial charge is 0.484 e. The summed E-state index contributed by atoms with van der Waals surface area (Å²) in [5, 5.41) is 2.82. The number of carbonyl (C=O) groups excluding carboxylic acids is 1. The van der Waals surface area contributed by atoms with E-state index in [0.29, 0.717) is 12.4 Å². The van der Waals surface area contributed by atoms with Crippen molar-refractivity contribution in [1.82, 2.24) is 0 Å². The van der Waals surface area contributed by atoms with Gasteiger partial charge in [-0.25, -0.2) is 0 Å². The Hall–Kier alpha value is -2.33. The number of hydrogen-bond acceptors (Lipinski definition) is 3. The number of anilines is 1. The highest BCUT2D eigenvalue weighted by Crippen LogP contribution is 2.16. The highest BCUT2D eigenvalue weighted by atomic mass is 16.5. The topological polar surface area (TPSA) is 47.6 Å². The van der Waals surface area contributed by atoms with Crippen LogP contribution in [0.25, 0.3) is 0 Å². The normalized spacial score (nSPS) is 10.3. The van der Waals surface area contributed by atoms with Gasteiger partial charge in [-0.15, -0.1) is 0 Å². The molecule has 22 heavy (non-hydrogen) atoms. The fraction of sp³-hybridized carbons (Fsp3) is 0.278. The second-order valence-corrected chi connectivity index (χ2v) is 5.29. The van der Waals surface area contributed by atoms with Crippen molar-refractivity contribution >= 4 is 11.6 Å². The smallest absolute Gasteiger partial charge is 0.262 e. The molecular weight excluding hydrogens is 278 g/mol. The molecule has 0 aliphatic carbocycles. The van der Waals surface area contributed by atoms with Crippen molar-refractivity contribution in [2.24, 2.45) is 0 Å².